The number of hydrogen-bond acceptors (Lipinski definition) is 16. The molecular weight excluding hydrogens is 652 g/mol. The van der Waals surface area contributed by atoms with Gasteiger partial charge in [0.1, 0.15) is 48.8 Å². The highest BCUT2D eigenvalue weighted by Crippen LogP contribution is 2.34. The predicted molar refractivity (Wildman–Crippen MR) is 167 cm³/mol. The minimum absolute atomic E-state index is 0.213. The van der Waals surface area contributed by atoms with Crippen LogP contribution in [0.1, 0.15) is 25.8 Å². The number of ketones is 2. The van der Waals surface area contributed by atoms with Crippen LogP contribution in [0.4, 0.5) is 0 Å². The number of ether oxygens (including phenoxy) is 6. The van der Waals surface area contributed by atoms with Crippen molar-refractivity contribution in [3.63, 3.8) is 0 Å². The Morgan fingerprint density at radius 2 is 1.06 bits per heavy atom. The fourth-order valence-electron chi connectivity index (χ4n) is 4.86. The van der Waals surface area contributed by atoms with Crippen LogP contribution in [0.5, 0.6) is 23.0 Å². The third-order valence-corrected chi connectivity index (χ3v) is 7.61. The zero-order valence-corrected chi connectivity index (χ0v) is 25.5. The molecule has 0 radical (unpaired) electrons. The first-order valence-electron chi connectivity index (χ1n) is 17.7. The Morgan fingerprint density at radius 1 is 0.653 bits per heavy atom. The zero-order chi connectivity index (χ0) is 40.8. The van der Waals surface area contributed by atoms with Crippen LogP contribution in [-0.4, -0.2) is 141 Å². The summed E-state index contributed by atoms with van der Waals surface area (Å²) in [6.45, 7) is -1.47. The summed E-state index contributed by atoms with van der Waals surface area (Å²) in [6.07, 6.45) is -12.4. The molecule has 0 spiro atoms. The molecule has 2 saturated heterocycles. The van der Waals surface area contributed by atoms with E-state index in [4.69, 9.17) is 36.6 Å². The second-order valence-electron chi connectivity index (χ2n) is 11.0. The first-order chi connectivity index (χ1) is 25.7. The van der Waals surface area contributed by atoms with E-state index in [9.17, 15) is 50.4 Å². The van der Waals surface area contributed by atoms with Crippen LogP contribution in [0.3, 0.4) is 0 Å². The molecule has 10 atom stereocenters. The summed E-state index contributed by atoms with van der Waals surface area (Å²) in [4.78, 5) is 25.2. The molecule has 0 unspecified atom stereocenters. The summed E-state index contributed by atoms with van der Waals surface area (Å²) in [5, 5.41) is 79.5. The van der Waals surface area contributed by atoms with E-state index < -0.39 is 118 Å². The predicted octanol–water partition coefficient (Wildman–Crippen LogP) is -1.68. The average molecular weight is 699 g/mol. The first kappa shape index (κ1) is 29.9. The number of rotatable bonds is 14. The Morgan fingerprint density at radius 3 is 1.43 bits per heavy atom. The van der Waals surface area contributed by atoms with Crippen molar-refractivity contribution in [2.24, 2.45) is 0 Å². The van der Waals surface area contributed by atoms with Gasteiger partial charge >= 0.3 is 0 Å². The van der Waals surface area contributed by atoms with Gasteiger partial charge < -0.3 is 69.3 Å². The quantitative estimate of drug-likeness (QED) is 0.0810. The van der Waals surface area contributed by atoms with Crippen LogP contribution in [-0.2, 0) is 19.1 Å². The van der Waals surface area contributed by atoms with E-state index in [1.54, 1.807) is 0 Å². The fraction of sp³-hybridized carbons (Fsp3) is 0.455. The molecule has 2 heterocycles. The normalized spacial score (nSPS) is 32.7. The molecule has 0 amide bonds. The number of carbonyl (C=O) groups is 2. The zero-order valence-electron chi connectivity index (χ0n) is 31.5. The summed E-state index contributed by atoms with van der Waals surface area (Å²) >= 11 is 0. The van der Waals surface area contributed by atoms with Crippen molar-refractivity contribution in [2.75, 3.05) is 27.3 Å². The Bertz CT molecular complexity index is 1580. The SMILES string of the molecule is [2H]C([2H])([2H])Oc1cc(/C=C/C(=O)CC(=O)/C=C/c2ccc(O[C@@H]3O[C@H](CO)[C@@H](O)[C@H](O)[C@H]3O)c(OC([2H])([2H])[2H])c2)ccc1O[C@@H]1O[C@H](CO)[C@@H](O)[C@H](O)[C@H]1O. The van der Waals surface area contributed by atoms with E-state index in [0.29, 0.717) is 0 Å². The second kappa shape index (κ2) is 17.1. The van der Waals surface area contributed by atoms with Gasteiger partial charge in [-0.25, -0.2) is 0 Å². The smallest absolute Gasteiger partial charge is 0.229 e. The van der Waals surface area contributed by atoms with Crippen LogP contribution >= 0.6 is 0 Å². The molecule has 2 aromatic carbocycles. The van der Waals surface area contributed by atoms with E-state index in [1.807, 2.05) is 0 Å². The first-order valence-corrected chi connectivity index (χ1v) is 14.7. The van der Waals surface area contributed by atoms with Crippen molar-refractivity contribution in [3.8, 4) is 23.0 Å². The fourth-order valence-corrected chi connectivity index (χ4v) is 4.86. The molecule has 16 nitrogen and oxygen atoms in total. The Hall–Kier alpha value is -3.94. The summed E-state index contributed by atoms with van der Waals surface area (Å²) in [6, 6.07) is 7.49. The lowest BCUT2D eigenvalue weighted by Crippen LogP contribution is -2.60. The van der Waals surface area contributed by atoms with Gasteiger partial charge in [0.25, 0.3) is 0 Å². The van der Waals surface area contributed by atoms with E-state index >= 15 is 0 Å². The third-order valence-electron chi connectivity index (χ3n) is 7.61. The van der Waals surface area contributed by atoms with Crippen molar-refractivity contribution in [3.05, 3.63) is 59.7 Å². The number of aliphatic hydroxyl groups excluding tert-OH is 8. The van der Waals surface area contributed by atoms with E-state index in [-0.39, 0.29) is 22.6 Å². The summed E-state index contributed by atoms with van der Waals surface area (Å²) < 4.78 is 76.6. The second-order valence-corrected chi connectivity index (χ2v) is 11.0. The van der Waals surface area contributed by atoms with Crippen LogP contribution < -0.4 is 18.9 Å². The van der Waals surface area contributed by atoms with Gasteiger partial charge in [-0.05, 0) is 47.5 Å². The van der Waals surface area contributed by atoms with Gasteiger partial charge in [-0.3, -0.25) is 9.59 Å². The lowest BCUT2D eigenvalue weighted by molar-refractivity contribution is -0.277. The molecule has 16 heteroatoms. The van der Waals surface area contributed by atoms with Crippen molar-refractivity contribution >= 4 is 23.7 Å². The van der Waals surface area contributed by atoms with Crippen LogP contribution in [0.25, 0.3) is 12.2 Å². The maximum absolute atomic E-state index is 12.6. The molecule has 49 heavy (non-hydrogen) atoms. The highest BCUT2D eigenvalue weighted by Gasteiger charge is 2.46. The Kier molecular flexibility index (Phi) is 10.5. The van der Waals surface area contributed by atoms with E-state index in [0.717, 1.165) is 12.2 Å². The molecule has 4 rings (SSSR count). The third kappa shape index (κ3) is 9.20. The van der Waals surface area contributed by atoms with Gasteiger partial charge in [0.2, 0.25) is 12.6 Å². The summed E-state index contributed by atoms with van der Waals surface area (Å²) in [7, 11) is -5.97. The molecule has 2 aromatic rings. The molecular formula is C33H40O16. The molecule has 8 N–H and O–H groups in total. The van der Waals surface area contributed by atoms with Gasteiger partial charge in [-0.15, -0.1) is 0 Å². The van der Waals surface area contributed by atoms with Crippen molar-refractivity contribution < 1.29 is 87.1 Å². The maximum Gasteiger partial charge on any atom is 0.229 e. The number of carbonyl (C=O) groups excluding carboxylic acids is 2. The van der Waals surface area contributed by atoms with E-state index in [2.05, 4.69) is 0 Å². The molecule has 0 saturated carbocycles. The van der Waals surface area contributed by atoms with Crippen LogP contribution in [0.2, 0.25) is 0 Å². The molecule has 2 aliphatic heterocycles. The van der Waals surface area contributed by atoms with Crippen molar-refractivity contribution in [2.45, 2.75) is 67.8 Å². The topological polar surface area (TPSA) is 251 Å². The van der Waals surface area contributed by atoms with Gasteiger partial charge in [0, 0.05) is 0 Å². The maximum atomic E-state index is 12.6. The molecule has 0 aromatic heterocycles. The van der Waals surface area contributed by atoms with Crippen molar-refractivity contribution in [1.82, 2.24) is 0 Å². The van der Waals surface area contributed by atoms with Crippen molar-refractivity contribution in [1.29, 1.82) is 0 Å². The largest absolute Gasteiger partial charge is 0.493 e. The molecule has 0 aliphatic carbocycles. The van der Waals surface area contributed by atoms with Gasteiger partial charge in [0.05, 0.1) is 41.9 Å². The number of methoxy groups -OCH3 is 2. The van der Waals surface area contributed by atoms with Crippen LogP contribution in [0.15, 0.2) is 48.6 Å². The highest BCUT2D eigenvalue weighted by atomic mass is 16.7. The van der Waals surface area contributed by atoms with E-state index in [1.165, 1.54) is 48.6 Å². The summed E-state index contributed by atoms with van der Waals surface area (Å²) in [5.74, 6) is -2.68. The number of hydrogen-bond donors (Lipinski definition) is 8. The number of aliphatic hydroxyl groups is 8. The summed E-state index contributed by atoms with van der Waals surface area (Å²) in [5.41, 5.74) is 0.425. The Labute approximate surface area is 289 Å². The number of allylic oxidation sites excluding steroid dienone is 2. The molecule has 2 aliphatic rings. The number of benzene rings is 2. The lowest BCUT2D eigenvalue weighted by Gasteiger charge is -2.39. The van der Waals surface area contributed by atoms with Gasteiger partial charge in [0.15, 0.2) is 34.6 Å². The standard InChI is InChI=1S/C33H40O16/c1-44-22-11-16(5-9-20(22)46-32-30(42)28(40)26(38)24(14-34)48-32)3-7-18(36)13-19(37)8-4-17-6-10-21(23(12-17)45-2)47-33-31(43)29(41)27(39)25(15-35)49-33/h3-12,24-35,38-43H,13-15H2,1-2H3/b7-3+,8-4+/t24-,25-,26-,27-,28+,29+,30-,31-,32-,33-/m1/s1/i1D3,2D3. The molecule has 2 fully saturated rings. The van der Waals surface area contributed by atoms with Gasteiger partial charge in [-0.1, -0.05) is 24.3 Å². The minimum atomic E-state index is -2.98. The van der Waals surface area contributed by atoms with Crippen LogP contribution in [0, 0.1) is 0 Å². The Balaban J connectivity index is 1.44. The average Bonchev–Trinajstić information content (AvgIpc) is 3.10. The monoisotopic (exact) mass is 698 g/mol. The highest BCUT2D eigenvalue weighted by molar-refractivity contribution is 6.10. The van der Waals surface area contributed by atoms with Gasteiger partial charge in [-0.2, -0.15) is 0 Å². The molecule has 268 valence electrons. The lowest BCUT2D eigenvalue weighted by atomic mass is 9.99. The molecule has 0 bridgehead atoms. The minimum Gasteiger partial charge on any atom is -0.493 e.